The minimum atomic E-state index is -0.345. The first-order chi connectivity index (χ1) is 8.66. The summed E-state index contributed by atoms with van der Waals surface area (Å²) in [6, 6.07) is 1.82. The van der Waals surface area contributed by atoms with Crippen LogP contribution in [-0.2, 0) is 11.3 Å². The fourth-order valence-corrected chi connectivity index (χ4v) is 2.54. The van der Waals surface area contributed by atoms with E-state index in [1.165, 1.54) is 0 Å². The number of amides is 1. The molecule has 0 saturated heterocycles. The van der Waals surface area contributed by atoms with Gasteiger partial charge in [0.15, 0.2) is 0 Å². The molecule has 5 nitrogen and oxygen atoms in total. The van der Waals surface area contributed by atoms with Crippen LogP contribution in [0.5, 0.6) is 0 Å². The molecule has 1 saturated carbocycles. The molecule has 0 aromatic carbocycles. The van der Waals surface area contributed by atoms with Gasteiger partial charge in [0, 0.05) is 12.7 Å². The lowest BCUT2D eigenvalue weighted by Crippen LogP contribution is -2.43. The normalized spacial score (nSPS) is 16.7. The summed E-state index contributed by atoms with van der Waals surface area (Å²) in [4.78, 5) is 20.5. The molecule has 1 heterocycles. The minimum absolute atomic E-state index is 0. The average Bonchev–Trinajstić information content (AvgIpc) is 2.86. The van der Waals surface area contributed by atoms with E-state index in [1.54, 1.807) is 6.20 Å². The van der Waals surface area contributed by atoms with Crippen molar-refractivity contribution in [1.82, 2.24) is 15.3 Å². The maximum absolute atomic E-state index is 12.2. The van der Waals surface area contributed by atoms with Crippen molar-refractivity contribution in [3.8, 4) is 0 Å². The molecule has 106 valence electrons. The Kier molecular flexibility index (Phi) is 5.69. The first-order valence-electron chi connectivity index (χ1n) is 6.43. The van der Waals surface area contributed by atoms with Crippen LogP contribution < -0.4 is 11.1 Å². The van der Waals surface area contributed by atoms with Gasteiger partial charge in [-0.2, -0.15) is 0 Å². The molecule has 1 aromatic rings. The number of aromatic nitrogens is 2. The summed E-state index contributed by atoms with van der Waals surface area (Å²) < 4.78 is 0. The van der Waals surface area contributed by atoms with Gasteiger partial charge in [-0.05, 0) is 25.8 Å². The van der Waals surface area contributed by atoms with Gasteiger partial charge in [-0.15, -0.1) is 12.4 Å². The molecular formula is C13H21ClN4O. The van der Waals surface area contributed by atoms with Crippen LogP contribution in [0.2, 0.25) is 0 Å². The molecule has 0 unspecified atom stereocenters. The van der Waals surface area contributed by atoms with Gasteiger partial charge >= 0.3 is 0 Å². The number of hydrogen-bond acceptors (Lipinski definition) is 4. The predicted octanol–water partition coefficient (Wildman–Crippen LogP) is 1.34. The molecule has 2 rings (SSSR count). The van der Waals surface area contributed by atoms with E-state index in [2.05, 4.69) is 15.3 Å². The molecule has 1 aliphatic rings. The summed E-state index contributed by atoms with van der Waals surface area (Å²) in [5.41, 5.74) is 6.27. The van der Waals surface area contributed by atoms with Gasteiger partial charge in [-0.3, -0.25) is 4.79 Å². The number of nitrogens with two attached hydrogens (primary N) is 1. The highest BCUT2D eigenvalue weighted by molar-refractivity contribution is 5.85. The van der Waals surface area contributed by atoms with Crippen LogP contribution >= 0.6 is 12.4 Å². The Labute approximate surface area is 119 Å². The summed E-state index contributed by atoms with van der Waals surface area (Å²) >= 11 is 0. The lowest BCUT2D eigenvalue weighted by Gasteiger charge is -2.25. The number of rotatable bonds is 4. The van der Waals surface area contributed by atoms with Crippen LogP contribution in [0.15, 0.2) is 12.3 Å². The van der Waals surface area contributed by atoms with Crippen LogP contribution in [0.4, 0.5) is 0 Å². The van der Waals surface area contributed by atoms with Crippen LogP contribution in [0.1, 0.15) is 37.2 Å². The lowest BCUT2D eigenvalue weighted by atomic mass is 9.85. The van der Waals surface area contributed by atoms with Crippen LogP contribution in [-0.4, -0.2) is 22.4 Å². The molecule has 1 aromatic heterocycles. The van der Waals surface area contributed by atoms with Crippen molar-refractivity contribution in [3.63, 3.8) is 0 Å². The van der Waals surface area contributed by atoms with Gasteiger partial charge in [0.25, 0.3) is 0 Å². The van der Waals surface area contributed by atoms with Crippen molar-refractivity contribution in [2.75, 3.05) is 6.54 Å². The molecule has 1 aliphatic carbocycles. The minimum Gasteiger partial charge on any atom is -0.350 e. The highest BCUT2D eigenvalue weighted by Gasteiger charge is 2.39. The zero-order valence-corrected chi connectivity index (χ0v) is 12.0. The Hall–Kier alpha value is -1.20. The number of carbonyl (C=O) groups excluding carboxylic acids is 1. The van der Waals surface area contributed by atoms with E-state index in [4.69, 9.17) is 5.73 Å². The molecule has 0 atom stereocenters. The number of nitrogens with zero attached hydrogens (tertiary/aromatic N) is 2. The van der Waals surface area contributed by atoms with Crippen LogP contribution in [0.3, 0.4) is 0 Å². The van der Waals surface area contributed by atoms with Crippen LogP contribution in [0.25, 0.3) is 0 Å². The van der Waals surface area contributed by atoms with Gasteiger partial charge in [0.1, 0.15) is 5.82 Å². The fraction of sp³-hybridized carbons (Fsp3) is 0.615. The Bertz CT molecular complexity index is 432. The summed E-state index contributed by atoms with van der Waals surface area (Å²) in [5.74, 6) is 0.787. The van der Waals surface area contributed by atoms with E-state index < -0.39 is 0 Å². The van der Waals surface area contributed by atoms with Gasteiger partial charge in [-0.25, -0.2) is 9.97 Å². The van der Waals surface area contributed by atoms with Gasteiger partial charge in [-0.1, -0.05) is 12.8 Å². The molecule has 3 N–H and O–H groups in total. The third kappa shape index (κ3) is 3.64. The second kappa shape index (κ2) is 6.82. The standard InChI is InChI=1S/C13H20N4O.ClH/c1-10-15-7-4-11(17-10)8-16-12(18)13(9-14)5-2-3-6-13;/h4,7H,2-3,5-6,8-9,14H2,1H3,(H,16,18);1H. The van der Waals surface area contributed by atoms with Crippen molar-refractivity contribution < 1.29 is 4.79 Å². The zero-order chi connectivity index (χ0) is 13.0. The van der Waals surface area contributed by atoms with E-state index in [1.807, 2.05) is 13.0 Å². The van der Waals surface area contributed by atoms with E-state index in [9.17, 15) is 4.79 Å². The maximum Gasteiger partial charge on any atom is 0.227 e. The maximum atomic E-state index is 12.2. The average molecular weight is 285 g/mol. The lowest BCUT2D eigenvalue weighted by molar-refractivity contribution is -0.130. The monoisotopic (exact) mass is 284 g/mol. The molecule has 6 heteroatoms. The molecule has 19 heavy (non-hydrogen) atoms. The van der Waals surface area contributed by atoms with Crippen molar-refractivity contribution in [1.29, 1.82) is 0 Å². The van der Waals surface area contributed by atoms with E-state index in [0.717, 1.165) is 37.2 Å². The number of nitrogens with one attached hydrogen (secondary N) is 1. The molecular weight excluding hydrogens is 264 g/mol. The number of carbonyl (C=O) groups is 1. The molecule has 0 bridgehead atoms. The Morgan fingerprint density at radius 3 is 2.74 bits per heavy atom. The second-order valence-corrected chi connectivity index (χ2v) is 4.97. The first-order valence-corrected chi connectivity index (χ1v) is 6.43. The van der Waals surface area contributed by atoms with Crippen molar-refractivity contribution in [2.45, 2.75) is 39.2 Å². The number of hydrogen-bond donors (Lipinski definition) is 2. The van der Waals surface area contributed by atoms with E-state index in [0.29, 0.717) is 13.1 Å². The quantitative estimate of drug-likeness (QED) is 0.874. The van der Waals surface area contributed by atoms with Crippen molar-refractivity contribution in [2.24, 2.45) is 11.1 Å². The first kappa shape index (κ1) is 15.9. The second-order valence-electron chi connectivity index (χ2n) is 4.97. The van der Waals surface area contributed by atoms with Crippen molar-refractivity contribution in [3.05, 3.63) is 23.8 Å². The molecule has 0 aliphatic heterocycles. The third-order valence-electron chi connectivity index (χ3n) is 3.70. The highest BCUT2D eigenvalue weighted by Crippen LogP contribution is 2.37. The number of halogens is 1. The summed E-state index contributed by atoms with van der Waals surface area (Å²) in [6.45, 7) is 2.72. The van der Waals surface area contributed by atoms with Gasteiger partial charge in [0.05, 0.1) is 17.7 Å². The highest BCUT2D eigenvalue weighted by atomic mass is 35.5. The van der Waals surface area contributed by atoms with Crippen molar-refractivity contribution >= 4 is 18.3 Å². The zero-order valence-electron chi connectivity index (χ0n) is 11.2. The summed E-state index contributed by atoms with van der Waals surface area (Å²) in [7, 11) is 0. The summed E-state index contributed by atoms with van der Waals surface area (Å²) in [5, 5.41) is 2.95. The molecule has 0 spiro atoms. The van der Waals surface area contributed by atoms with Gasteiger partial charge < -0.3 is 11.1 Å². The van der Waals surface area contributed by atoms with E-state index in [-0.39, 0.29) is 23.7 Å². The SMILES string of the molecule is Cc1nccc(CNC(=O)C2(CN)CCCC2)n1.Cl. The van der Waals surface area contributed by atoms with Crippen LogP contribution in [0, 0.1) is 12.3 Å². The van der Waals surface area contributed by atoms with Gasteiger partial charge in [0.2, 0.25) is 5.91 Å². The van der Waals surface area contributed by atoms with E-state index >= 15 is 0 Å². The Morgan fingerprint density at radius 2 is 2.16 bits per heavy atom. The third-order valence-corrected chi connectivity index (χ3v) is 3.70. The summed E-state index contributed by atoms with van der Waals surface area (Å²) in [6.07, 6.45) is 5.70. The molecule has 1 amide bonds. The molecule has 0 radical (unpaired) electrons. The molecule has 1 fully saturated rings. The smallest absolute Gasteiger partial charge is 0.227 e. The Morgan fingerprint density at radius 1 is 1.47 bits per heavy atom. The largest absolute Gasteiger partial charge is 0.350 e. The Balaban J connectivity index is 0.00000180. The predicted molar refractivity (Wildman–Crippen MR) is 75.8 cm³/mol. The topological polar surface area (TPSA) is 80.9 Å². The fourth-order valence-electron chi connectivity index (χ4n) is 2.54. The number of aryl methyl sites for hydroxylation is 1.